The zero-order valence-corrected chi connectivity index (χ0v) is 19.1. The van der Waals surface area contributed by atoms with Crippen LogP contribution >= 0.6 is 11.3 Å². The van der Waals surface area contributed by atoms with Gasteiger partial charge in [-0.2, -0.15) is 4.99 Å². The van der Waals surface area contributed by atoms with Crippen LogP contribution in [0.5, 0.6) is 0 Å². The van der Waals surface area contributed by atoms with Gasteiger partial charge in [0, 0.05) is 32.2 Å². The second kappa shape index (κ2) is 10.6. The number of non-ortho nitro benzene ring substituents is 1. The van der Waals surface area contributed by atoms with Gasteiger partial charge in [0.05, 0.1) is 33.3 Å². The van der Waals surface area contributed by atoms with Crippen LogP contribution in [-0.4, -0.2) is 43.3 Å². The maximum atomic E-state index is 12.4. The van der Waals surface area contributed by atoms with Crippen LogP contribution in [0.2, 0.25) is 0 Å². The molecule has 0 saturated heterocycles. The maximum Gasteiger partial charge on any atom is 0.270 e. The van der Waals surface area contributed by atoms with Gasteiger partial charge in [-0.05, 0) is 18.1 Å². The summed E-state index contributed by atoms with van der Waals surface area (Å²) in [5.74, 6) is -0.608. The highest BCUT2D eigenvalue weighted by atomic mass is 32.2. The molecule has 3 rings (SSSR count). The summed E-state index contributed by atoms with van der Waals surface area (Å²) in [4.78, 5) is 27.6. The molecular formula is C21H23N3O6S2. The minimum absolute atomic E-state index is 0.00725. The molecule has 0 unspecified atom stereocenters. The smallest absolute Gasteiger partial charge is 0.270 e. The molecule has 170 valence electrons. The molecule has 2 aromatic carbocycles. The standard InChI is InChI=1S/C21H23N3O6S2/c1-30-12-11-23-18-10-9-17(24(26)27)14-19(18)31-21(23)22-20(25)8-5-13-32(28,29)15-16-6-3-2-4-7-16/h2-4,6-7,9-10,14H,5,8,11-13,15H2,1H3. The molecule has 0 saturated carbocycles. The first kappa shape index (κ1) is 23.8. The third-order valence-electron chi connectivity index (χ3n) is 4.69. The molecular weight excluding hydrogens is 454 g/mol. The number of ether oxygens (including phenoxy) is 1. The van der Waals surface area contributed by atoms with Crippen molar-refractivity contribution < 1.29 is 22.9 Å². The summed E-state index contributed by atoms with van der Waals surface area (Å²) in [6, 6.07) is 13.4. The normalized spacial score (nSPS) is 12.3. The van der Waals surface area contributed by atoms with Crippen molar-refractivity contribution in [2.24, 2.45) is 4.99 Å². The number of fused-ring (bicyclic) bond motifs is 1. The van der Waals surface area contributed by atoms with Gasteiger partial charge in [-0.25, -0.2) is 8.42 Å². The van der Waals surface area contributed by atoms with E-state index in [0.29, 0.717) is 28.2 Å². The van der Waals surface area contributed by atoms with Gasteiger partial charge in [-0.1, -0.05) is 41.7 Å². The summed E-state index contributed by atoms with van der Waals surface area (Å²) in [6.07, 6.45) is 0.165. The lowest BCUT2D eigenvalue weighted by Gasteiger charge is -2.04. The van der Waals surface area contributed by atoms with E-state index >= 15 is 0 Å². The Morgan fingerprint density at radius 3 is 2.66 bits per heavy atom. The van der Waals surface area contributed by atoms with Crippen molar-refractivity contribution in [3.05, 3.63) is 69.0 Å². The first-order valence-electron chi connectivity index (χ1n) is 9.88. The number of aromatic nitrogens is 1. The van der Waals surface area contributed by atoms with E-state index in [9.17, 15) is 23.3 Å². The number of amides is 1. The highest BCUT2D eigenvalue weighted by molar-refractivity contribution is 7.90. The summed E-state index contributed by atoms with van der Waals surface area (Å²) in [5.41, 5.74) is 1.39. The molecule has 1 heterocycles. The summed E-state index contributed by atoms with van der Waals surface area (Å²) < 4.78 is 32.1. The number of sulfone groups is 1. The predicted octanol–water partition coefficient (Wildman–Crippen LogP) is 3.08. The van der Waals surface area contributed by atoms with Gasteiger partial charge < -0.3 is 9.30 Å². The van der Waals surface area contributed by atoms with Crippen LogP contribution in [0.4, 0.5) is 5.69 Å². The number of benzene rings is 2. The predicted molar refractivity (Wildman–Crippen MR) is 122 cm³/mol. The number of hydrogen-bond donors (Lipinski definition) is 0. The Morgan fingerprint density at radius 2 is 1.97 bits per heavy atom. The van der Waals surface area contributed by atoms with E-state index in [0.717, 1.165) is 5.52 Å². The average Bonchev–Trinajstić information content (AvgIpc) is 3.08. The van der Waals surface area contributed by atoms with Crippen LogP contribution in [0.25, 0.3) is 10.2 Å². The zero-order chi connectivity index (χ0) is 23.1. The quantitative estimate of drug-likeness (QED) is 0.327. The first-order valence-corrected chi connectivity index (χ1v) is 12.5. The molecule has 1 aromatic heterocycles. The fourth-order valence-electron chi connectivity index (χ4n) is 3.17. The Hall–Kier alpha value is -2.89. The molecule has 0 radical (unpaired) electrons. The van der Waals surface area contributed by atoms with Gasteiger partial charge in [0.15, 0.2) is 14.6 Å². The first-order chi connectivity index (χ1) is 15.3. The number of hydrogen-bond acceptors (Lipinski definition) is 7. The molecule has 0 aliphatic carbocycles. The molecule has 0 N–H and O–H groups in total. The van der Waals surface area contributed by atoms with Gasteiger partial charge in [-0.15, -0.1) is 0 Å². The Bertz CT molecular complexity index is 1280. The monoisotopic (exact) mass is 477 g/mol. The van der Waals surface area contributed by atoms with Crippen LogP contribution in [0.1, 0.15) is 18.4 Å². The number of nitro benzene ring substituents is 1. The Kier molecular flexibility index (Phi) is 7.89. The summed E-state index contributed by atoms with van der Waals surface area (Å²) >= 11 is 1.17. The van der Waals surface area contributed by atoms with Crippen molar-refractivity contribution >= 4 is 43.0 Å². The summed E-state index contributed by atoms with van der Waals surface area (Å²) in [6.45, 7) is 0.799. The molecule has 32 heavy (non-hydrogen) atoms. The highest BCUT2D eigenvalue weighted by Gasteiger charge is 2.15. The Labute approximate surface area is 189 Å². The maximum absolute atomic E-state index is 12.4. The third-order valence-corrected chi connectivity index (χ3v) is 7.42. The van der Waals surface area contributed by atoms with Crippen LogP contribution in [0.15, 0.2) is 53.5 Å². The van der Waals surface area contributed by atoms with E-state index in [1.165, 1.54) is 23.5 Å². The van der Waals surface area contributed by atoms with Gasteiger partial charge >= 0.3 is 0 Å². The van der Waals surface area contributed by atoms with Crippen LogP contribution < -0.4 is 4.80 Å². The van der Waals surface area contributed by atoms with Crippen LogP contribution in [0, 0.1) is 10.1 Å². The van der Waals surface area contributed by atoms with E-state index in [4.69, 9.17) is 4.74 Å². The summed E-state index contributed by atoms with van der Waals surface area (Å²) in [7, 11) is -1.78. The Balaban J connectivity index is 1.74. The molecule has 11 heteroatoms. The topological polar surface area (TPSA) is 121 Å². The van der Waals surface area contributed by atoms with Crippen LogP contribution in [-0.2, 0) is 31.7 Å². The van der Waals surface area contributed by atoms with Gasteiger partial charge in [-0.3, -0.25) is 14.9 Å². The number of nitrogens with zero attached hydrogens (tertiary/aromatic N) is 3. The van der Waals surface area contributed by atoms with Gasteiger partial charge in [0.2, 0.25) is 5.91 Å². The lowest BCUT2D eigenvalue weighted by Crippen LogP contribution is -2.19. The second-order valence-corrected chi connectivity index (χ2v) is 10.3. The van der Waals surface area contributed by atoms with E-state index in [2.05, 4.69) is 4.99 Å². The van der Waals surface area contributed by atoms with Crippen molar-refractivity contribution in [1.82, 2.24) is 4.57 Å². The van der Waals surface area contributed by atoms with Gasteiger partial charge in [0.1, 0.15) is 0 Å². The van der Waals surface area contributed by atoms with Crippen molar-refractivity contribution in [3.63, 3.8) is 0 Å². The largest absolute Gasteiger partial charge is 0.383 e. The Morgan fingerprint density at radius 1 is 1.22 bits per heavy atom. The number of nitro groups is 1. The van der Waals surface area contributed by atoms with E-state index in [1.54, 1.807) is 42.0 Å². The van der Waals surface area contributed by atoms with Crippen LogP contribution in [0.3, 0.4) is 0 Å². The van der Waals surface area contributed by atoms with Crippen molar-refractivity contribution in [3.8, 4) is 0 Å². The summed E-state index contributed by atoms with van der Waals surface area (Å²) in [5, 5.41) is 11.1. The SMILES string of the molecule is COCCn1c(=NC(=O)CCCS(=O)(=O)Cc2ccccc2)sc2cc([N+](=O)[O-])ccc21. The number of rotatable bonds is 10. The lowest BCUT2D eigenvalue weighted by molar-refractivity contribution is -0.384. The molecule has 0 aliphatic heterocycles. The van der Waals surface area contributed by atoms with E-state index in [-0.39, 0.29) is 30.0 Å². The molecule has 0 fully saturated rings. The molecule has 3 aromatic rings. The number of carbonyl (C=O) groups is 1. The minimum Gasteiger partial charge on any atom is -0.383 e. The fourth-order valence-corrected chi connectivity index (χ4v) is 5.70. The minimum atomic E-state index is -3.33. The molecule has 0 aliphatic rings. The highest BCUT2D eigenvalue weighted by Crippen LogP contribution is 2.23. The second-order valence-electron chi connectivity index (χ2n) is 7.12. The van der Waals surface area contributed by atoms with E-state index in [1.807, 2.05) is 6.07 Å². The van der Waals surface area contributed by atoms with Gasteiger partial charge in [0.25, 0.3) is 5.69 Å². The molecule has 0 atom stereocenters. The van der Waals surface area contributed by atoms with Crippen molar-refractivity contribution in [2.75, 3.05) is 19.5 Å². The zero-order valence-electron chi connectivity index (χ0n) is 17.5. The fraction of sp³-hybridized carbons (Fsp3) is 0.333. The number of carbonyl (C=O) groups excluding carboxylic acids is 1. The van der Waals surface area contributed by atoms with Crippen molar-refractivity contribution in [1.29, 1.82) is 0 Å². The molecule has 1 amide bonds. The average molecular weight is 478 g/mol. The molecule has 0 spiro atoms. The third kappa shape index (κ3) is 6.31. The lowest BCUT2D eigenvalue weighted by atomic mass is 10.2. The number of methoxy groups -OCH3 is 1. The van der Waals surface area contributed by atoms with E-state index < -0.39 is 20.7 Å². The molecule has 9 nitrogen and oxygen atoms in total. The molecule has 0 bridgehead atoms. The van der Waals surface area contributed by atoms with Crippen molar-refractivity contribution in [2.45, 2.75) is 25.1 Å². The number of thiazole rings is 1.